The number of rotatable bonds is 6. The summed E-state index contributed by atoms with van der Waals surface area (Å²) < 4.78 is 39.1. The second kappa shape index (κ2) is 9.06. The molecule has 1 aromatic heterocycles. The number of aliphatic hydroxyl groups is 1. The Balaban J connectivity index is 1.26. The molecule has 1 saturated heterocycles. The molecule has 33 heavy (non-hydrogen) atoms. The molecule has 1 aliphatic carbocycles. The summed E-state index contributed by atoms with van der Waals surface area (Å²) >= 11 is 0. The van der Waals surface area contributed by atoms with Gasteiger partial charge in [0.05, 0.1) is 29.3 Å². The Morgan fingerprint density at radius 2 is 1.94 bits per heavy atom. The number of nitrogens with one attached hydrogen (secondary N) is 2. The average molecular weight is 466 g/mol. The fourth-order valence-corrected chi connectivity index (χ4v) is 4.76. The Bertz CT molecular complexity index is 999. The fourth-order valence-electron chi connectivity index (χ4n) is 4.76. The van der Waals surface area contributed by atoms with Gasteiger partial charge in [-0.3, -0.25) is 9.69 Å². The number of carbonyl (C=O) groups excluding carboxylic acids is 1. The van der Waals surface area contributed by atoms with Crippen LogP contribution in [0.4, 0.5) is 19.0 Å². The average Bonchev–Trinajstić information content (AvgIpc) is 2.74. The van der Waals surface area contributed by atoms with Crippen molar-refractivity contribution >= 4 is 22.6 Å². The highest BCUT2D eigenvalue weighted by Crippen LogP contribution is 2.37. The summed E-state index contributed by atoms with van der Waals surface area (Å²) in [5, 5.41) is 16.7. The minimum Gasteiger partial charge on any atom is -0.390 e. The third-order valence-corrected chi connectivity index (χ3v) is 7.07. The van der Waals surface area contributed by atoms with Gasteiger partial charge in [-0.1, -0.05) is 13.8 Å². The van der Waals surface area contributed by atoms with E-state index in [0.717, 1.165) is 50.9 Å². The molecule has 0 unspecified atom stereocenters. The molecule has 2 aliphatic rings. The molecular weight excluding hydrogens is 435 g/mol. The van der Waals surface area contributed by atoms with E-state index in [2.05, 4.69) is 39.3 Å². The van der Waals surface area contributed by atoms with Gasteiger partial charge >= 0.3 is 6.18 Å². The van der Waals surface area contributed by atoms with Gasteiger partial charge in [-0.15, -0.1) is 0 Å². The van der Waals surface area contributed by atoms with E-state index >= 15 is 0 Å². The number of hydrogen-bond donors (Lipinski definition) is 3. The van der Waals surface area contributed by atoms with Gasteiger partial charge in [0.2, 0.25) is 5.91 Å². The van der Waals surface area contributed by atoms with Crippen LogP contribution in [-0.4, -0.2) is 63.2 Å². The van der Waals surface area contributed by atoms with E-state index in [4.69, 9.17) is 0 Å². The minimum absolute atomic E-state index is 0.0455. The van der Waals surface area contributed by atoms with Gasteiger partial charge in [-0.05, 0) is 49.8 Å². The largest absolute Gasteiger partial charge is 0.416 e. The van der Waals surface area contributed by atoms with Crippen LogP contribution in [0.25, 0.3) is 10.9 Å². The van der Waals surface area contributed by atoms with Crippen molar-refractivity contribution in [3.63, 3.8) is 0 Å². The molecule has 4 rings (SSSR count). The lowest BCUT2D eigenvalue weighted by Gasteiger charge is -2.49. The Hall–Kier alpha value is -2.46. The first-order chi connectivity index (χ1) is 15.5. The van der Waals surface area contributed by atoms with Crippen molar-refractivity contribution in [1.82, 2.24) is 20.2 Å². The molecule has 0 spiro atoms. The fraction of sp³-hybridized carbons (Fsp3) is 0.609. The Morgan fingerprint density at radius 1 is 1.24 bits per heavy atom. The summed E-state index contributed by atoms with van der Waals surface area (Å²) in [4.78, 5) is 22.7. The van der Waals surface area contributed by atoms with Gasteiger partial charge in [0.25, 0.3) is 0 Å². The van der Waals surface area contributed by atoms with Crippen LogP contribution in [-0.2, 0) is 11.0 Å². The van der Waals surface area contributed by atoms with Gasteiger partial charge in [-0.25, -0.2) is 9.97 Å². The lowest BCUT2D eigenvalue weighted by atomic mass is 9.74. The zero-order chi connectivity index (χ0) is 23.8. The number of likely N-dealkylation sites (tertiary alicyclic amines) is 1. The SMILES string of the molecule is CC(C)[C@]1(O)CC[C@@H](N2CC(NC(=O)CNc3ncnc4ccc(C(F)(F)F)cc34)C2)CC1. The van der Waals surface area contributed by atoms with Crippen LogP contribution in [0.5, 0.6) is 0 Å². The number of nitrogens with zero attached hydrogens (tertiary/aromatic N) is 3. The number of fused-ring (bicyclic) bond motifs is 1. The Labute approximate surface area is 190 Å². The third kappa shape index (κ3) is 5.22. The Morgan fingerprint density at radius 3 is 2.58 bits per heavy atom. The van der Waals surface area contributed by atoms with Crippen molar-refractivity contribution < 1.29 is 23.1 Å². The molecule has 2 aromatic rings. The van der Waals surface area contributed by atoms with E-state index in [9.17, 15) is 23.1 Å². The summed E-state index contributed by atoms with van der Waals surface area (Å²) in [6.45, 7) is 5.56. The molecule has 180 valence electrons. The van der Waals surface area contributed by atoms with Crippen LogP contribution in [0, 0.1) is 5.92 Å². The molecule has 1 saturated carbocycles. The Kier molecular flexibility index (Phi) is 6.50. The predicted octanol–water partition coefficient (Wildman–Crippen LogP) is 3.19. The van der Waals surface area contributed by atoms with Crippen molar-refractivity contribution in [1.29, 1.82) is 0 Å². The second-order valence-electron chi connectivity index (χ2n) is 9.51. The van der Waals surface area contributed by atoms with Crippen molar-refractivity contribution in [2.24, 2.45) is 5.92 Å². The number of aromatic nitrogens is 2. The van der Waals surface area contributed by atoms with Gasteiger partial charge in [0.15, 0.2) is 0 Å². The predicted molar refractivity (Wildman–Crippen MR) is 119 cm³/mol. The number of hydrogen-bond acceptors (Lipinski definition) is 6. The molecule has 0 bridgehead atoms. The maximum absolute atomic E-state index is 13.0. The first-order valence-electron chi connectivity index (χ1n) is 11.4. The first-order valence-corrected chi connectivity index (χ1v) is 11.4. The molecule has 0 atom stereocenters. The van der Waals surface area contributed by atoms with E-state index in [0.29, 0.717) is 11.6 Å². The third-order valence-electron chi connectivity index (χ3n) is 7.07. The molecule has 1 aliphatic heterocycles. The number of carbonyl (C=O) groups is 1. The number of anilines is 1. The highest BCUT2D eigenvalue weighted by Gasteiger charge is 2.40. The minimum atomic E-state index is -4.47. The number of benzene rings is 1. The molecule has 1 aromatic carbocycles. The lowest BCUT2D eigenvalue weighted by molar-refractivity contribution is -0.137. The van der Waals surface area contributed by atoms with Gasteiger partial charge in [0.1, 0.15) is 12.1 Å². The molecule has 3 N–H and O–H groups in total. The number of amides is 1. The van der Waals surface area contributed by atoms with Crippen LogP contribution in [0.3, 0.4) is 0 Å². The number of halogens is 3. The standard InChI is InChI=1S/C23H30F3N5O2/c1-14(2)22(33)7-5-17(6-8-22)31-11-16(12-31)30-20(32)10-27-21-18-9-15(23(24,25)26)3-4-19(18)28-13-29-21/h3-4,9,13-14,16-17,33H,5-8,10-12H2,1-2H3,(H,30,32)(H,27,28,29)/t17-,22+. The smallest absolute Gasteiger partial charge is 0.390 e. The topological polar surface area (TPSA) is 90.4 Å². The molecule has 2 fully saturated rings. The van der Waals surface area contributed by atoms with Crippen LogP contribution in [0.2, 0.25) is 0 Å². The molecule has 2 heterocycles. The summed E-state index contributed by atoms with van der Waals surface area (Å²) in [5.41, 5.74) is -0.985. The van der Waals surface area contributed by atoms with Crippen molar-refractivity contribution in [3.8, 4) is 0 Å². The van der Waals surface area contributed by atoms with E-state index < -0.39 is 17.3 Å². The quantitative estimate of drug-likeness (QED) is 0.607. The molecule has 1 amide bonds. The maximum Gasteiger partial charge on any atom is 0.416 e. The zero-order valence-corrected chi connectivity index (χ0v) is 18.8. The van der Waals surface area contributed by atoms with E-state index in [1.807, 2.05) is 0 Å². The molecular formula is C23H30F3N5O2. The highest BCUT2D eigenvalue weighted by molar-refractivity contribution is 5.91. The van der Waals surface area contributed by atoms with Gasteiger partial charge in [0, 0.05) is 24.5 Å². The van der Waals surface area contributed by atoms with E-state index in [1.165, 1.54) is 12.4 Å². The zero-order valence-electron chi connectivity index (χ0n) is 18.8. The van der Waals surface area contributed by atoms with E-state index in [1.54, 1.807) is 0 Å². The number of alkyl halides is 3. The van der Waals surface area contributed by atoms with Crippen LogP contribution < -0.4 is 10.6 Å². The van der Waals surface area contributed by atoms with Crippen molar-refractivity contribution in [3.05, 3.63) is 30.1 Å². The highest BCUT2D eigenvalue weighted by atomic mass is 19.4. The summed E-state index contributed by atoms with van der Waals surface area (Å²) in [7, 11) is 0. The first kappa shape index (κ1) is 23.7. The van der Waals surface area contributed by atoms with Crippen molar-refractivity contribution in [2.75, 3.05) is 25.0 Å². The van der Waals surface area contributed by atoms with Gasteiger partial charge < -0.3 is 15.7 Å². The van der Waals surface area contributed by atoms with Crippen LogP contribution in [0.15, 0.2) is 24.5 Å². The van der Waals surface area contributed by atoms with Gasteiger partial charge in [-0.2, -0.15) is 13.2 Å². The molecule has 10 heteroatoms. The summed E-state index contributed by atoms with van der Waals surface area (Å²) in [5.74, 6) is 0.203. The van der Waals surface area contributed by atoms with E-state index in [-0.39, 0.29) is 35.6 Å². The van der Waals surface area contributed by atoms with Crippen LogP contribution in [0.1, 0.15) is 45.1 Å². The van der Waals surface area contributed by atoms with Crippen molar-refractivity contribution in [2.45, 2.75) is 63.4 Å². The molecule has 7 nitrogen and oxygen atoms in total. The van der Waals surface area contributed by atoms with Crippen LogP contribution >= 0.6 is 0 Å². The summed E-state index contributed by atoms with van der Waals surface area (Å²) in [6.07, 6.45) is 0.297. The normalized spacial score (nSPS) is 24.6. The molecule has 0 radical (unpaired) electrons. The second-order valence-corrected chi connectivity index (χ2v) is 9.51. The maximum atomic E-state index is 13.0. The summed E-state index contributed by atoms with van der Waals surface area (Å²) in [6, 6.07) is 3.74. The lowest BCUT2D eigenvalue weighted by Crippen LogP contribution is -2.63. The monoisotopic (exact) mass is 465 g/mol.